The molecular weight excluding hydrogens is 326 g/mol. The molecule has 0 radical (unpaired) electrons. The Kier molecular flexibility index (Phi) is 5.93. The third kappa shape index (κ3) is 4.67. The van der Waals surface area contributed by atoms with Crippen molar-refractivity contribution >= 4 is 23.6 Å². The molecule has 0 bridgehead atoms. The van der Waals surface area contributed by atoms with E-state index in [1.165, 1.54) is 18.2 Å². The van der Waals surface area contributed by atoms with Crippen LogP contribution in [0.2, 0.25) is 0 Å². The van der Waals surface area contributed by atoms with Gasteiger partial charge in [-0.3, -0.25) is 9.59 Å². The van der Waals surface area contributed by atoms with E-state index in [1.54, 1.807) is 6.92 Å². The second kappa shape index (κ2) is 7.94. The van der Waals surface area contributed by atoms with Crippen molar-refractivity contribution in [1.29, 1.82) is 0 Å². The number of cyclic esters (lactones) is 1. The summed E-state index contributed by atoms with van der Waals surface area (Å²) in [5.74, 6) is -2.67. The number of phenolic OH excluding ortho intramolecular Hbond substituents is 2. The maximum atomic E-state index is 12.3. The van der Waals surface area contributed by atoms with E-state index in [1.807, 2.05) is 0 Å². The topological polar surface area (TPSA) is 127 Å². The Morgan fingerprint density at radius 3 is 2.64 bits per heavy atom. The molecule has 2 atom stereocenters. The Balaban J connectivity index is 2.38. The Hall–Kier alpha value is -2.67. The fourth-order valence-corrected chi connectivity index (χ4v) is 2.59. The lowest BCUT2D eigenvalue weighted by molar-refractivity contribution is -0.137. The summed E-state index contributed by atoms with van der Waals surface area (Å²) in [6, 6.07) is 1.37. The van der Waals surface area contributed by atoms with E-state index < -0.39 is 29.3 Å². The van der Waals surface area contributed by atoms with Gasteiger partial charge in [0.1, 0.15) is 17.1 Å². The van der Waals surface area contributed by atoms with Crippen molar-refractivity contribution < 1.29 is 29.3 Å². The third-order valence-corrected chi connectivity index (χ3v) is 4.01. The number of ketones is 2. The van der Waals surface area contributed by atoms with E-state index in [9.17, 15) is 24.6 Å². The standard InChI is InChI=1S/C18H21NO6/c1-10-5-6-25-18(24)16-11(8-12(20)9-14(16)21)3-2-4-13(19)17(23)15(22)7-10/h2-3,8-10,13,20-21H,4-7,19H2,1H3/t10?,13-/m0/s1. The molecule has 0 aliphatic carbocycles. The first-order valence-electron chi connectivity index (χ1n) is 8.01. The van der Waals surface area contributed by atoms with Crippen LogP contribution >= 0.6 is 0 Å². The SMILES string of the molecule is CC1CCOC(=O)c2c(O)cc(O)cc2C=CC[C@H](N)C(=O)C(=O)C1. The maximum absolute atomic E-state index is 12.3. The molecule has 134 valence electrons. The smallest absolute Gasteiger partial charge is 0.342 e. The molecule has 1 aliphatic heterocycles. The van der Waals surface area contributed by atoms with Gasteiger partial charge in [0.05, 0.1) is 12.6 Å². The average molecular weight is 347 g/mol. The zero-order valence-electron chi connectivity index (χ0n) is 13.9. The van der Waals surface area contributed by atoms with Gasteiger partial charge in [0, 0.05) is 12.5 Å². The number of rotatable bonds is 0. The quantitative estimate of drug-likeness (QED) is 0.480. The van der Waals surface area contributed by atoms with E-state index >= 15 is 0 Å². The van der Waals surface area contributed by atoms with Crippen LogP contribution in [0.3, 0.4) is 0 Å². The number of ether oxygens (including phenoxy) is 1. The van der Waals surface area contributed by atoms with Gasteiger partial charge in [0.25, 0.3) is 0 Å². The van der Waals surface area contributed by atoms with Crippen LogP contribution in [0.5, 0.6) is 11.5 Å². The van der Waals surface area contributed by atoms with Crippen LogP contribution in [-0.4, -0.2) is 40.4 Å². The molecule has 25 heavy (non-hydrogen) atoms. The highest BCUT2D eigenvalue weighted by Crippen LogP contribution is 2.29. The van der Waals surface area contributed by atoms with Crippen molar-refractivity contribution in [3.05, 3.63) is 29.3 Å². The normalized spacial score (nSPS) is 22.9. The molecule has 1 aromatic carbocycles. The predicted octanol–water partition coefficient (Wildman–Crippen LogP) is 1.55. The minimum Gasteiger partial charge on any atom is -0.508 e. The van der Waals surface area contributed by atoms with E-state index in [-0.39, 0.29) is 42.2 Å². The van der Waals surface area contributed by atoms with Crippen LogP contribution in [-0.2, 0) is 14.3 Å². The Morgan fingerprint density at radius 1 is 1.20 bits per heavy atom. The largest absolute Gasteiger partial charge is 0.508 e. The molecule has 0 spiro atoms. The molecule has 0 fully saturated rings. The lowest BCUT2D eigenvalue weighted by Crippen LogP contribution is -2.36. The van der Waals surface area contributed by atoms with Crippen LogP contribution in [0, 0.1) is 5.92 Å². The second-order valence-electron chi connectivity index (χ2n) is 6.20. The Morgan fingerprint density at radius 2 is 1.92 bits per heavy atom. The first-order chi connectivity index (χ1) is 11.8. The van der Waals surface area contributed by atoms with Gasteiger partial charge in [-0.15, -0.1) is 0 Å². The van der Waals surface area contributed by atoms with Crippen molar-refractivity contribution in [3.63, 3.8) is 0 Å². The minimum absolute atomic E-state index is 0.0387. The van der Waals surface area contributed by atoms with Gasteiger partial charge in [-0.1, -0.05) is 19.1 Å². The lowest BCUT2D eigenvalue weighted by atomic mass is 9.95. The molecule has 1 heterocycles. The number of benzene rings is 1. The number of hydrogen-bond acceptors (Lipinski definition) is 7. The summed E-state index contributed by atoms with van der Waals surface area (Å²) in [5, 5.41) is 19.6. The number of esters is 1. The predicted molar refractivity (Wildman–Crippen MR) is 90.1 cm³/mol. The van der Waals surface area contributed by atoms with Gasteiger partial charge < -0.3 is 20.7 Å². The number of Topliss-reactive ketones (excluding diaryl/α,β-unsaturated/α-hetero) is 2. The van der Waals surface area contributed by atoms with Gasteiger partial charge in [-0.2, -0.15) is 0 Å². The van der Waals surface area contributed by atoms with Crippen molar-refractivity contribution in [3.8, 4) is 11.5 Å². The first kappa shape index (κ1) is 18.7. The number of hydrogen-bond donors (Lipinski definition) is 3. The highest BCUT2D eigenvalue weighted by Gasteiger charge is 2.24. The monoisotopic (exact) mass is 347 g/mol. The van der Waals surface area contributed by atoms with Gasteiger partial charge in [0.2, 0.25) is 5.78 Å². The van der Waals surface area contributed by atoms with E-state index in [4.69, 9.17) is 10.5 Å². The number of carbonyl (C=O) groups is 3. The summed E-state index contributed by atoms with van der Waals surface area (Å²) in [7, 11) is 0. The molecule has 0 saturated heterocycles. The fraction of sp³-hybridized carbons (Fsp3) is 0.389. The molecule has 2 rings (SSSR count). The number of fused-ring (bicyclic) bond motifs is 1. The molecule has 7 nitrogen and oxygen atoms in total. The van der Waals surface area contributed by atoms with Crippen molar-refractivity contribution in [2.45, 2.75) is 32.2 Å². The molecular formula is C18H21NO6. The van der Waals surface area contributed by atoms with Gasteiger partial charge in [-0.05, 0) is 30.4 Å². The number of nitrogens with two attached hydrogens (primary N) is 1. The Bertz CT molecular complexity index is 725. The summed E-state index contributed by atoms with van der Waals surface area (Å²) >= 11 is 0. The van der Waals surface area contributed by atoms with Crippen molar-refractivity contribution in [2.75, 3.05) is 6.61 Å². The van der Waals surface area contributed by atoms with E-state index in [0.29, 0.717) is 6.42 Å². The molecule has 1 unspecified atom stereocenters. The third-order valence-electron chi connectivity index (χ3n) is 4.01. The summed E-state index contributed by atoms with van der Waals surface area (Å²) in [6.07, 6.45) is 3.48. The first-order valence-corrected chi connectivity index (χ1v) is 8.01. The van der Waals surface area contributed by atoms with Crippen LogP contribution < -0.4 is 5.73 Å². The van der Waals surface area contributed by atoms with E-state index in [2.05, 4.69) is 0 Å². The highest BCUT2D eigenvalue weighted by molar-refractivity contribution is 6.39. The Labute approximate surface area is 145 Å². The molecule has 7 heteroatoms. The van der Waals surface area contributed by atoms with Crippen LogP contribution in [0.1, 0.15) is 42.1 Å². The zero-order valence-corrected chi connectivity index (χ0v) is 13.9. The number of aromatic hydroxyl groups is 2. The number of phenols is 2. The summed E-state index contributed by atoms with van der Waals surface area (Å²) < 4.78 is 5.15. The second-order valence-corrected chi connectivity index (χ2v) is 6.20. The summed E-state index contributed by atoms with van der Waals surface area (Å²) in [4.78, 5) is 36.2. The van der Waals surface area contributed by atoms with Crippen LogP contribution in [0.25, 0.3) is 6.08 Å². The van der Waals surface area contributed by atoms with E-state index in [0.717, 1.165) is 6.07 Å². The molecule has 0 saturated carbocycles. The van der Waals surface area contributed by atoms with Crippen molar-refractivity contribution in [1.82, 2.24) is 0 Å². The molecule has 0 amide bonds. The fourth-order valence-electron chi connectivity index (χ4n) is 2.59. The van der Waals surface area contributed by atoms with Gasteiger partial charge in [0.15, 0.2) is 5.78 Å². The zero-order chi connectivity index (χ0) is 18.6. The van der Waals surface area contributed by atoms with Crippen LogP contribution in [0.15, 0.2) is 18.2 Å². The molecule has 4 N–H and O–H groups in total. The highest BCUT2D eigenvalue weighted by atomic mass is 16.5. The lowest BCUT2D eigenvalue weighted by Gasteiger charge is -2.14. The van der Waals surface area contributed by atoms with Crippen LogP contribution in [0.4, 0.5) is 0 Å². The summed E-state index contributed by atoms with van der Waals surface area (Å²) in [5.41, 5.74) is 5.92. The number of carbonyl (C=O) groups excluding carboxylic acids is 3. The average Bonchev–Trinajstić information content (AvgIpc) is 2.52. The maximum Gasteiger partial charge on any atom is 0.342 e. The molecule has 1 aromatic rings. The van der Waals surface area contributed by atoms with Gasteiger partial charge in [-0.25, -0.2) is 4.79 Å². The minimum atomic E-state index is -0.972. The van der Waals surface area contributed by atoms with Gasteiger partial charge >= 0.3 is 5.97 Å². The molecule has 1 aliphatic rings. The van der Waals surface area contributed by atoms with Crippen molar-refractivity contribution in [2.24, 2.45) is 11.7 Å². The summed E-state index contributed by atoms with van der Waals surface area (Å²) in [6.45, 7) is 1.82. The molecule has 0 aromatic heterocycles.